The molecular weight excluding hydrogens is 332 g/mol. The van der Waals surface area contributed by atoms with Gasteiger partial charge in [0.1, 0.15) is 0 Å². The zero-order chi connectivity index (χ0) is 14.7. The van der Waals surface area contributed by atoms with Gasteiger partial charge in [0.25, 0.3) is 0 Å². The highest BCUT2D eigenvalue weighted by Gasteiger charge is 2.52. The van der Waals surface area contributed by atoms with Crippen LogP contribution >= 0.6 is 15.9 Å². The number of rotatable bonds is 0. The van der Waals surface area contributed by atoms with Crippen LogP contribution in [-0.2, 0) is 11.8 Å². The Balaban J connectivity index is 1.87. The molecule has 0 radical (unpaired) electrons. The lowest BCUT2D eigenvalue weighted by molar-refractivity contribution is 0.559. The van der Waals surface area contributed by atoms with E-state index in [9.17, 15) is 0 Å². The van der Waals surface area contributed by atoms with E-state index in [0.29, 0.717) is 4.83 Å². The van der Waals surface area contributed by atoms with Crippen LogP contribution in [0.1, 0.15) is 27.1 Å². The van der Waals surface area contributed by atoms with Crippen molar-refractivity contribution in [2.24, 2.45) is 0 Å². The quantitative estimate of drug-likeness (QED) is 0.461. The first-order chi connectivity index (χ1) is 10.8. The Morgan fingerprint density at radius 2 is 1.27 bits per heavy atom. The molecule has 106 valence electrons. The largest absolute Gasteiger partial charge is 0.0825 e. The minimum atomic E-state index is 0.0386. The second-order valence-corrected chi connectivity index (χ2v) is 7.22. The lowest BCUT2D eigenvalue weighted by atomic mass is 9.75. The zero-order valence-corrected chi connectivity index (χ0v) is 13.7. The molecule has 0 N–H and O–H groups in total. The predicted molar refractivity (Wildman–Crippen MR) is 94.5 cm³/mol. The van der Waals surface area contributed by atoms with E-state index in [1.54, 1.807) is 0 Å². The van der Waals surface area contributed by atoms with E-state index < -0.39 is 0 Å². The Hall–Kier alpha value is -1.86. The molecule has 0 aromatic heterocycles. The van der Waals surface area contributed by atoms with Crippen LogP contribution < -0.4 is 0 Å². The van der Waals surface area contributed by atoms with Crippen LogP contribution in [0.2, 0.25) is 0 Å². The van der Waals surface area contributed by atoms with Crippen LogP contribution in [-0.4, -0.2) is 0 Å². The molecule has 0 aliphatic heterocycles. The number of hydrogen-bond acceptors (Lipinski definition) is 0. The number of benzene rings is 3. The molecule has 2 aliphatic rings. The maximum absolute atomic E-state index is 4.06. The summed E-state index contributed by atoms with van der Waals surface area (Å²) in [5, 5.41) is 0. The molecule has 2 aliphatic carbocycles. The molecule has 5 rings (SSSR count). The van der Waals surface area contributed by atoms with E-state index in [1.165, 1.54) is 33.4 Å². The van der Waals surface area contributed by atoms with Gasteiger partial charge in [-0.05, 0) is 39.8 Å². The third kappa shape index (κ3) is 1.38. The van der Waals surface area contributed by atoms with Crippen molar-refractivity contribution in [2.75, 3.05) is 0 Å². The number of fused-ring (bicyclic) bond motifs is 6. The summed E-state index contributed by atoms with van der Waals surface area (Å²) in [6.45, 7) is 0. The highest BCUT2D eigenvalue weighted by Crippen LogP contribution is 2.62. The van der Waals surface area contributed by atoms with Crippen molar-refractivity contribution < 1.29 is 0 Å². The molecule has 0 amide bonds. The second-order valence-electron chi connectivity index (χ2n) is 6.30. The summed E-state index contributed by atoms with van der Waals surface area (Å²) in [7, 11) is 0. The van der Waals surface area contributed by atoms with E-state index in [1.807, 2.05) is 0 Å². The first kappa shape index (κ1) is 12.7. The fourth-order valence-electron chi connectivity index (χ4n) is 4.42. The molecule has 0 fully saturated rings. The van der Waals surface area contributed by atoms with Crippen LogP contribution in [0.4, 0.5) is 0 Å². The van der Waals surface area contributed by atoms with Crippen molar-refractivity contribution in [3.63, 3.8) is 0 Å². The maximum atomic E-state index is 4.06. The van der Waals surface area contributed by atoms with Crippen LogP contribution in [0.5, 0.6) is 0 Å². The van der Waals surface area contributed by atoms with E-state index in [2.05, 4.69) is 88.7 Å². The summed E-state index contributed by atoms with van der Waals surface area (Å²) >= 11 is 4.06. The van der Waals surface area contributed by atoms with Gasteiger partial charge in [0.2, 0.25) is 0 Å². The summed E-state index contributed by atoms with van der Waals surface area (Å²) in [6.07, 6.45) is 1.08. The molecule has 0 bridgehead atoms. The summed E-state index contributed by atoms with van der Waals surface area (Å²) in [6, 6.07) is 26.7. The van der Waals surface area contributed by atoms with Gasteiger partial charge in [-0.3, -0.25) is 0 Å². The molecule has 22 heavy (non-hydrogen) atoms. The fourth-order valence-corrected chi connectivity index (χ4v) is 5.52. The van der Waals surface area contributed by atoms with Crippen molar-refractivity contribution in [1.82, 2.24) is 0 Å². The Bertz CT molecular complexity index is 848. The lowest BCUT2D eigenvalue weighted by Gasteiger charge is -2.31. The molecule has 1 unspecified atom stereocenters. The van der Waals surface area contributed by atoms with Crippen LogP contribution in [0.3, 0.4) is 0 Å². The molecule has 0 nitrogen and oxygen atoms in total. The average Bonchev–Trinajstić information content (AvgIpc) is 3.04. The van der Waals surface area contributed by atoms with Crippen molar-refractivity contribution in [3.8, 4) is 11.1 Å². The van der Waals surface area contributed by atoms with Gasteiger partial charge in [0, 0.05) is 5.41 Å². The molecule has 0 heterocycles. The summed E-state index contributed by atoms with van der Waals surface area (Å²) in [5.41, 5.74) is 8.68. The van der Waals surface area contributed by atoms with E-state index in [0.717, 1.165) is 6.42 Å². The number of alkyl halides is 1. The van der Waals surface area contributed by atoms with Gasteiger partial charge in [0.15, 0.2) is 0 Å². The van der Waals surface area contributed by atoms with Crippen molar-refractivity contribution in [2.45, 2.75) is 16.7 Å². The molecule has 0 saturated carbocycles. The van der Waals surface area contributed by atoms with E-state index in [-0.39, 0.29) is 5.41 Å². The maximum Gasteiger partial charge on any atom is 0.0538 e. The molecule has 3 aromatic carbocycles. The minimum absolute atomic E-state index is 0.0386. The number of halogens is 1. The van der Waals surface area contributed by atoms with Gasteiger partial charge in [-0.1, -0.05) is 88.7 Å². The third-order valence-corrected chi connectivity index (χ3v) is 6.61. The zero-order valence-electron chi connectivity index (χ0n) is 12.1. The highest BCUT2D eigenvalue weighted by molar-refractivity contribution is 9.09. The Morgan fingerprint density at radius 1 is 0.727 bits per heavy atom. The predicted octanol–water partition coefficient (Wildman–Crippen LogP) is 5.65. The minimum Gasteiger partial charge on any atom is -0.0825 e. The molecule has 0 saturated heterocycles. The van der Waals surface area contributed by atoms with Gasteiger partial charge < -0.3 is 0 Å². The van der Waals surface area contributed by atoms with Gasteiger partial charge in [-0.2, -0.15) is 0 Å². The second kappa shape index (κ2) is 4.33. The first-order valence-electron chi connectivity index (χ1n) is 7.73. The van der Waals surface area contributed by atoms with Crippen molar-refractivity contribution in [3.05, 3.63) is 95.1 Å². The molecule has 1 heteroatoms. The van der Waals surface area contributed by atoms with Crippen LogP contribution in [0.25, 0.3) is 11.1 Å². The van der Waals surface area contributed by atoms with Gasteiger partial charge in [-0.25, -0.2) is 0 Å². The van der Waals surface area contributed by atoms with Gasteiger partial charge in [0.05, 0.1) is 4.83 Å². The SMILES string of the molecule is BrC1c2ccccc2CC12c1ccccc1-c1ccccc12. The molecular formula is C21H15Br. The third-order valence-electron chi connectivity index (χ3n) is 5.34. The van der Waals surface area contributed by atoms with E-state index >= 15 is 0 Å². The van der Waals surface area contributed by atoms with Crippen molar-refractivity contribution in [1.29, 1.82) is 0 Å². The van der Waals surface area contributed by atoms with Gasteiger partial charge in [-0.15, -0.1) is 0 Å². The van der Waals surface area contributed by atoms with Crippen LogP contribution in [0.15, 0.2) is 72.8 Å². The Labute approximate surface area is 138 Å². The Kier molecular flexibility index (Phi) is 2.49. The summed E-state index contributed by atoms with van der Waals surface area (Å²) < 4.78 is 0. The fraction of sp³-hybridized carbons (Fsp3) is 0.143. The summed E-state index contributed by atoms with van der Waals surface area (Å²) in [4.78, 5) is 0.334. The van der Waals surface area contributed by atoms with Crippen LogP contribution in [0, 0.1) is 0 Å². The molecule has 1 spiro atoms. The normalized spacial score (nSPS) is 19.8. The molecule has 1 atom stereocenters. The van der Waals surface area contributed by atoms with Gasteiger partial charge >= 0.3 is 0 Å². The first-order valence-corrected chi connectivity index (χ1v) is 8.65. The van der Waals surface area contributed by atoms with E-state index in [4.69, 9.17) is 0 Å². The standard InChI is InChI=1S/C21H15Br/c22-20-15-8-2-1-7-14(15)13-21(20)18-11-5-3-9-16(18)17-10-4-6-12-19(17)21/h1-12,20H,13H2. The topological polar surface area (TPSA) is 0 Å². The van der Waals surface area contributed by atoms with Crippen molar-refractivity contribution >= 4 is 15.9 Å². The summed E-state index contributed by atoms with van der Waals surface area (Å²) in [5.74, 6) is 0. The average molecular weight is 347 g/mol. The lowest BCUT2D eigenvalue weighted by Crippen LogP contribution is -2.27. The monoisotopic (exact) mass is 346 g/mol. The Morgan fingerprint density at radius 3 is 1.91 bits per heavy atom. The highest BCUT2D eigenvalue weighted by atomic mass is 79.9. The number of hydrogen-bond donors (Lipinski definition) is 0. The molecule has 3 aromatic rings. The smallest absolute Gasteiger partial charge is 0.0538 e.